The molecule has 1 unspecified atom stereocenters. The first-order valence-corrected chi connectivity index (χ1v) is 9.37. The molecule has 0 aliphatic heterocycles. The molecule has 0 saturated carbocycles. The number of carbonyl (C=O) groups is 1. The zero-order chi connectivity index (χ0) is 20.8. The zero-order valence-electron chi connectivity index (χ0n) is 16.7. The number of nitrogens with one attached hydrogen (secondary N) is 2. The minimum absolute atomic E-state index is 0.110. The van der Waals surface area contributed by atoms with Crippen LogP contribution >= 0.6 is 0 Å². The van der Waals surface area contributed by atoms with Crippen molar-refractivity contribution in [3.05, 3.63) is 77.9 Å². The largest absolute Gasteiger partial charge is 0.496 e. The second-order valence-corrected chi connectivity index (χ2v) is 6.93. The molecule has 6 heteroatoms. The number of hydrogen-bond donors (Lipinski definition) is 2. The molecule has 0 fully saturated rings. The maximum Gasteiger partial charge on any atom is 0.319 e. The van der Waals surface area contributed by atoms with E-state index in [2.05, 4.69) is 15.6 Å². The monoisotopic (exact) mass is 393 g/mol. The molecule has 1 aromatic heterocycles. The highest BCUT2D eigenvalue weighted by Crippen LogP contribution is 2.32. The number of benzene rings is 2. The number of rotatable bonds is 6. The van der Waals surface area contributed by atoms with Crippen LogP contribution in [0.3, 0.4) is 0 Å². The summed E-state index contributed by atoms with van der Waals surface area (Å²) in [5, 5.41) is 5.72. The second kappa shape index (κ2) is 9.19. The number of urea groups is 1. The van der Waals surface area contributed by atoms with E-state index in [-0.39, 0.29) is 17.9 Å². The van der Waals surface area contributed by atoms with Crippen molar-refractivity contribution in [3.8, 4) is 16.9 Å². The van der Waals surface area contributed by atoms with Crippen molar-refractivity contribution in [2.24, 2.45) is 0 Å². The van der Waals surface area contributed by atoms with Gasteiger partial charge in [-0.25, -0.2) is 9.18 Å². The lowest BCUT2D eigenvalue weighted by molar-refractivity contribution is 0.249. The Morgan fingerprint density at radius 1 is 1.14 bits per heavy atom. The molecule has 1 heterocycles. The van der Waals surface area contributed by atoms with Crippen LogP contribution in [0.4, 0.5) is 14.9 Å². The van der Waals surface area contributed by atoms with Crippen LogP contribution in [0.5, 0.6) is 5.75 Å². The van der Waals surface area contributed by atoms with E-state index in [1.54, 1.807) is 31.5 Å². The number of pyridine rings is 1. The average Bonchev–Trinajstić information content (AvgIpc) is 2.69. The van der Waals surface area contributed by atoms with Gasteiger partial charge in [0.1, 0.15) is 11.6 Å². The summed E-state index contributed by atoms with van der Waals surface area (Å²) in [4.78, 5) is 16.5. The predicted octanol–water partition coefficient (Wildman–Crippen LogP) is 4.96. The van der Waals surface area contributed by atoms with Gasteiger partial charge in [0.25, 0.3) is 0 Å². The van der Waals surface area contributed by atoms with Gasteiger partial charge >= 0.3 is 6.03 Å². The second-order valence-electron chi connectivity index (χ2n) is 6.93. The number of anilines is 1. The minimum Gasteiger partial charge on any atom is -0.496 e. The minimum atomic E-state index is -0.311. The molecule has 0 aliphatic carbocycles. The van der Waals surface area contributed by atoms with E-state index < -0.39 is 0 Å². The first kappa shape index (κ1) is 20.3. The number of carbonyl (C=O) groups excluding carboxylic acids is 1. The number of aryl methyl sites for hydroxylation is 1. The number of aromatic nitrogens is 1. The molecule has 5 nitrogen and oxygen atoms in total. The third kappa shape index (κ3) is 5.54. The number of ether oxygens (including phenoxy) is 1. The van der Waals surface area contributed by atoms with Crippen LogP contribution in [0, 0.1) is 12.7 Å². The Balaban J connectivity index is 1.64. The lowest BCUT2D eigenvalue weighted by atomic mass is 10.0. The highest BCUT2D eigenvalue weighted by Gasteiger charge is 2.11. The van der Waals surface area contributed by atoms with Gasteiger partial charge < -0.3 is 15.4 Å². The summed E-state index contributed by atoms with van der Waals surface area (Å²) in [5.74, 6) is 0.388. The van der Waals surface area contributed by atoms with Crippen molar-refractivity contribution in [1.82, 2.24) is 10.3 Å². The summed E-state index contributed by atoms with van der Waals surface area (Å²) in [7, 11) is 1.60. The molecule has 2 amide bonds. The molecule has 2 aromatic carbocycles. The van der Waals surface area contributed by atoms with Crippen molar-refractivity contribution in [2.45, 2.75) is 26.3 Å². The average molecular weight is 393 g/mol. The Bertz CT molecular complexity index is 990. The number of methoxy groups -OCH3 is 1. The van der Waals surface area contributed by atoms with Crippen LogP contribution in [-0.4, -0.2) is 24.2 Å². The van der Waals surface area contributed by atoms with Crippen molar-refractivity contribution < 1.29 is 13.9 Å². The van der Waals surface area contributed by atoms with Crippen molar-refractivity contribution in [2.75, 3.05) is 12.4 Å². The van der Waals surface area contributed by atoms with Crippen LogP contribution in [-0.2, 0) is 6.42 Å². The summed E-state index contributed by atoms with van der Waals surface area (Å²) in [6.45, 7) is 3.84. The summed E-state index contributed by atoms with van der Waals surface area (Å²) >= 11 is 0. The zero-order valence-corrected chi connectivity index (χ0v) is 16.7. The van der Waals surface area contributed by atoms with Gasteiger partial charge in [-0.1, -0.05) is 12.1 Å². The summed E-state index contributed by atoms with van der Waals surface area (Å²) in [6.07, 6.45) is 2.36. The molecule has 1 atom stereocenters. The van der Waals surface area contributed by atoms with Gasteiger partial charge in [0.05, 0.1) is 7.11 Å². The SMILES string of the molecule is COc1cc(NC(=O)NC(C)Cc2ccc(F)cc2)ccc1-c1ccnc(C)c1. The van der Waals surface area contributed by atoms with Crippen LogP contribution in [0.15, 0.2) is 60.8 Å². The van der Waals surface area contributed by atoms with Crippen LogP contribution in [0.2, 0.25) is 0 Å². The maximum atomic E-state index is 13.0. The Labute approximate surface area is 169 Å². The van der Waals surface area contributed by atoms with Gasteiger partial charge in [-0.3, -0.25) is 4.98 Å². The maximum absolute atomic E-state index is 13.0. The normalized spacial score (nSPS) is 11.6. The molecule has 2 N–H and O–H groups in total. The third-order valence-electron chi connectivity index (χ3n) is 4.50. The van der Waals surface area contributed by atoms with E-state index in [0.717, 1.165) is 22.4 Å². The van der Waals surface area contributed by atoms with Gasteiger partial charge in [-0.05, 0) is 67.8 Å². The van der Waals surface area contributed by atoms with Gasteiger partial charge in [0.15, 0.2) is 0 Å². The predicted molar refractivity (Wildman–Crippen MR) is 113 cm³/mol. The van der Waals surface area contributed by atoms with Gasteiger partial charge in [0, 0.05) is 35.2 Å². The van der Waals surface area contributed by atoms with Gasteiger partial charge in [-0.15, -0.1) is 0 Å². The summed E-state index contributed by atoms with van der Waals surface area (Å²) in [5.41, 5.74) is 4.42. The van der Waals surface area contributed by atoms with Crippen LogP contribution < -0.4 is 15.4 Å². The Kier molecular flexibility index (Phi) is 6.44. The highest BCUT2D eigenvalue weighted by molar-refractivity contribution is 5.90. The standard InChI is InChI=1S/C23H24FN3O2/c1-15-13-18(10-11-25-15)21-9-8-20(14-22(21)29-3)27-23(28)26-16(2)12-17-4-6-19(24)7-5-17/h4-11,13-14,16H,12H2,1-3H3,(H2,26,27,28). The third-order valence-corrected chi connectivity index (χ3v) is 4.50. The first-order chi connectivity index (χ1) is 13.9. The Hall–Kier alpha value is -3.41. The fourth-order valence-corrected chi connectivity index (χ4v) is 3.14. The molecule has 0 radical (unpaired) electrons. The van der Waals surface area contributed by atoms with E-state index in [1.165, 1.54) is 12.1 Å². The molecule has 0 aliphatic rings. The van der Waals surface area contributed by atoms with E-state index in [9.17, 15) is 9.18 Å². The summed E-state index contributed by atoms with van der Waals surface area (Å²) in [6, 6.07) is 15.3. The molecular formula is C23H24FN3O2. The molecule has 29 heavy (non-hydrogen) atoms. The number of amides is 2. The van der Waals surface area contributed by atoms with E-state index in [0.29, 0.717) is 17.9 Å². The molecule has 0 bridgehead atoms. The Morgan fingerprint density at radius 3 is 2.59 bits per heavy atom. The fourth-order valence-electron chi connectivity index (χ4n) is 3.14. The first-order valence-electron chi connectivity index (χ1n) is 9.37. The van der Waals surface area contributed by atoms with Crippen LogP contribution in [0.1, 0.15) is 18.2 Å². The molecule has 3 aromatic rings. The van der Waals surface area contributed by atoms with Gasteiger partial charge in [0.2, 0.25) is 0 Å². The van der Waals surface area contributed by atoms with Crippen LogP contribution in [0.25, 0.3) is 11.1 Å². The molecule has 0 spiro atoms. The number of nitrogens with zero attached hydrogens (tertiary/aromatic N) is 1. The number of halogens is 1. The summed E-state index contributed by atoms with van der Waals surface area (Å²) < 4.78 is 18.5. The fraction of sp³-hybridized carbons (Fsp3) is 0.217. The van der Waals surface area contributed by atoms with Crippen molar-refractivity contribution in [1.29, 1.82) is 0 Å². The topological polar surface area (TPSA) is 63.2 Å². The van der Waals surface area contributed by atoms with Crippen molar-refractivity contribution >= 4 is 11.7 Å². The van der Waals surface area contributed by atoms with Gasteiger partial charge in [-0.2, -0.15) is 0 Å². The number of hydrogen-bond acceptors (Lipinski definition) is 3. The molecule has 150 valence electrons. The lowest BCUT2D eigenvalue weighted by Crippen LogP contribution is -2.37. The molecule has 0 saturated heterocycles. The molecular weight excluding hydrogens is 369 g/mol. The quantitative estimate of drug-likeness (QED) is 0.622. The lowest BCUT2D eigenvalue weighted by Gasteiger charge is -2.16. The smallest absolute Gasteiger partial charge is 0.319 e. The van der Waals surface area contributed by atoms with E-state index in [4.69, 9.17) is 4.74 Å². The highest BCUT2D eigenvalue weighted by atomic mass is 19.1. The van der Waals surface area contributed by atoms with E-state index >= 15 is 0 Å². The Morgan fingerprint density at radius 2 is 1.90 bits per heavy atom. The molecule has 3 rings (SSSR count). The van der Waals surface area contributed by atoms with Crippen molar-refractivity contribution in [3.63, 3.8) is 0 Å². The van der Waals surface area contributed by atoms with E-state index in [1.807, 2.05) is 38.1 Å².